The predicted molar refractivity (Wildman–Crippen MR) is 57.0 cm³/mol. The number of carboxylic acids is 1. The maximum Gasteiger partial charge on any atom is 0.308 e. The summed E-state index contributed by atoms with van der Waals surface area (Å²) in [6.07, 6.45) is 4.70. The Morgan fingerprint density at radius 3 is 2.71 bits per heavy atom. The number of hydrogen-bond donors (Lipinski definition) is 1. The third-order valence-corrected chi connectivity index (χ3v) is 3.69. The zero-order chi connectivity index (χ0) is 12.0. The molecule has 3 atom stereocenters. The Labute approximate surface area is 97.3 Å². The summed E-state index contributed by atoms with van der Waals surface area (Å²) < 4.78 is 12.8. The molecule has 3 heterocycles. The van der Waals surface area contributed by atoms with Crippen molar-refractivity contribution in [3.8, 4) is 0 Å². The first-order valence-corrected chi connectivity index (χ1v) is 5.65. The zero-order valence-electron chi connectivity index (χ0n) is 9.08. The molecular formula is C11H12FN3O2. The van der Waals surface area contributed by atoms with Crippen molar-refractivity contribution >= 4 is 11.9 Å². The summed E-state index contributed by atoms with van der Waals surface area (Å²) in [6.45, 7) is 0. The fourth-order valence-electron chi connectivity index (χ4n) is 3.00. The van der Waals surface area contributed by atoms with Crippen molar-refractivity contribution in [2.24, 2.45) is 5.92 Å². The zero-order valence-corrected chi connectivity index (χ0v) is 9.08. The van der Waals surface area contributed by atoms with Gasteiger partial charge in [0.25, 0.3) is 0 Å². The number of aromatic nitrogens is 2. The van der Waals surface area contributed by atoms with Gasteiger partial charge in [0.2, 0.25) is 5.95 Å². The molecule has 0 spiro atoms. The first-order chi connectivity index (χ1) is 8.16. The van der Waals surface area contributed by atoms with Gasteiger partial charge in [0, 0.05) is 12.1 Å². The van der Waals surface area contributed by atoms with Crippen LogP contribution in [0, 0.1) is 11.7 Å². The van der Waals surface area contributed by atoms with E-state index in [-0.39, 0.29) is 18.0 Å². The third-order valence-electron chi connectivity index (χ3n) is 3.69. The van der Waals surface area contributed by atoms with E-state index in [1.807, 2.05) is 4.90 Å². The molecule has 0 aliphatic carbocycles. The molecule has 2 saturated heterocycles. The number of anilines is 1. The number of carbonyl (C=O) groups is 1. The van der Waals surface area contributed by atoms with Crippen LogP contribution in [0.2, 0.25) is 0 Å². The molecule has 0 radical (unpaired) electrons. The van der Waals surface area contributed by atoms with E-state index in [0.29, 0.717) is 12.4 Å². The average Bonchev–Trinajstić information content (AvgIpc) is 2.87. The Kier molecular flexibility index (Phi) is 2.24. The van der Waals surface area contributed by atoms with Crippen LogP contribution in [0.15, 0.2) is 12.4 Å². The maximum absolute atomic E-state index is 12.8. The SMILES string of the molecule is O=C(O)C1CC2CCC1N2c1ncc(F)cn1. The number of nitrogens with zero attached hydrogens (tertiary/aromatic N) is 3. The molecule has 2 fully saturated rings. The van der Waals surface area contributed by atoms with Gasteiger partial charge in [0.15, 0.2) is 5.82 Å². The molecule has 0 saturated carbocycles. The van der Waals surface area contributed by atoms with Crippen molar-refractivity contribution < 1.29 is 14.3 Å². The first kappa shape index (κ1) is 10.4. The lowest BCUT2D eigenvalue weighted by Crippen LogP contribution is -2.34. The topological polar surface area (TPSA) is 66.3 Å². The fraction of sp³-hybridized carbons (Fsp3) is 0.545. The van der Waals surface area contributed by atoms with E-state index in [0.717, 1.165) is 25.2 Å². The van der Waals surface area contributed by atoms with Crippen LogP contribution in [0.25, 0.3) is 0 Å². The molecule has 1 aromatic rings. The lowest BCUT2D eigenvalue weighted by Gasteiger charge is -2.22. The molecule has 2 aliphatic heterocycles. The number of halogens is 1. The van der Waals surface area contributed by atoms with Crippen LogP contribution < -0.4 is 4.90 Å². The van der Waals surface area contributed by atoms with E-state index in [2.05, 4.69) is 9.97 Å². The van der Waals surface area contributed by atoms with Gasteiger partial charge < -0.3 is 10.0 Å². The largest absolute Gasteiger partial charge is 0.481 e. The summed E-state index contributed by atoms with van der Waals surface area (Å²) in [6, 6.07) is 0.148. The second kappa shape index (κ2) is 3.65. The van der Waals surface area contributed by atoms with E-state index in [1.165, 1.54) is 0 Å². The second-order valence-electron chi connectivity index (χ2n) is 4.59. The molecule has 17 heavy (non-hydrogen) atoms. The van der Waals surface area contributed by atoms with Crippen LogP contribution >= 0.6 is 0 Å². The lowest BCUT2D eigenvalue weighted by molar-refractivity contribution is -0.142. The Hall–Kier alpha value is -1.72. The molecule has 2 aliphatic rings. The van der Waals surface area contributed by atoms with Crippen LogP contribution in [0.4, 0.5) is 10.3 Å². The van der Waals surface area contributed by atoms with Crippen LogP contribution in [0.5, 0.6) is 0 Å². The van der Waals surface area contributed by atoms with Gasteiger partial charge in [-0.1, -0.05) is 0 Å². The van der Waals surface area contributed by atoms with Gasteiger partial charge in [0.1, 0.15) is 0 Å². The van der Waals surface area contributed by atoms with Crippen LogP contribution in [-0.4, -0.2) is 33.1 Å². The minimum Gasteiger partial charge on any atom is -0.481 e. The van der Waals surface area contributed by atoms with Crippen LogP contribution in [-0.2, 0) is 4.79 Å². The highest BCUT2D eigenvalue weighted by molar-refractivity contribution is 5.73. The van der Waals surface area contributed by atoms with Crippen molar-refractivity contribution in [3.05, 3.63) is 18.2 Å². The summed E-state index contributed by atoms with van der Waals surface area (Å²) in [4.78, 5) is 20.9. The Morgan fingerprint density at radius 2 is 2.12 bits per heavy atom. The molecule has 0 amide bonds. The quantitative estimate of drug-likeness (QED) is 0.833. The highest BCUT2D eigenvalue weighted by Gasteiger charge is 2.50. The van der Waals surface area contributed by atoms with E-state index in [9.17, 15) is 9.18 Å². The number of hydrogen-bond acceptors (Lipinski definition) is 4. The molecule has 5 nitrogen and oxygen atoms in total. The molecule has 2 bridgehead atoms. The molecule has 3 unspecified atom stereocenters. The standard InChI is InChI=1S/C11H12FN3O2/c12-6-4-13-11(14-5-6)15-7-1-2-9(15)8(3-7)10(16)17/h4-5,7-9H,1-3H2,(H,16,17). The minimum absolute atomic E-state index is 0.0389. The van der Waals surface area contributed by atoms with Crippen molar-refractivity contribution in [2.45, 2.75) is 31.3 Å². The third kappa shape index (κ3) is 1.55. The molecular weight excluding hydrogens is 225 g/mol. The van der Waals surface area contributed by atoms with Crippen molar-refractivity contribution in [1.29, 1.82) is 0 Å². The summed E-state index contributed by atoms with van der Waals surface area (Å²) in [5.41, 5.74) is 0. The van der Waals surface area contributed by atoms with Gasteiger partial charge in [-0.15, -0.1) is 0 Å². The first-order valence-electron chi connectivity index (χ1n) is 5.65. The van der Waals surface area contributed by atoms with Gasteiger partial charge in [-0.3, -0.25) is 4.79 Å². The molecule has 6 heteroatoms. The molecule has 3 rings (SSSR count). The smallest absolute Gasteiger partial charge is 0.308 e. The molecule has 1 aromatic heterocycles. The maximum atomic E-state index is 12.8. The predicted octanol–water partition coefficient (Wildman–Crippen LogP) is 1.06. The number of fused-ring (bicyclic) bond motifs is 2. The van der Waals surface area contributed by atoms with Crippen molar-refractivity contribution in [2.75, 3.05) is 4.90 Å². The average molecular weight is 237 g/mol. The van der Waals surface area contributed by atoms with E-state index in [4.69, 9.17) is 5.11 Å². The van der Waals surface area contributed by atoms with Crippen LogP contribution in [0.1, 0.15) is 19.3 Å². The van der Waals surface area contributed by atoms with Gasteiger partial charge >= 0.3 is 5.97 Å². The second-order valence-corrected chi connectivity index (χ2v) is 4.59. The monoisotopic (exact) mass is 237 g/mol. The van der Waals surface area contributed by atoms with Gasteiger partial charge in [-0.25, -0.2) is 14.4 Å². The van der Waals surface area contributed by atoms with Gasteiger partial charge in [-0.2, -0.15) is 0 Å². The molecule has 1 N–H and O–H groups in total. The Morgan fingerprint density at radius 1 is 1.41 bits per heavy atom. The molecule has 90 valence electrons. The highest BCUT2D eigenvalue weighted by Crippen LogP contribution is 2.43. The van der Waals surface area contributed by atoms with E-state index >= 15 is 0 Å². The van der Waals surface area contributed by atoms with Gasteiger partial charge in [0.05, 0.1) is 18.3 Å². The Balaban J connectivity index is 1.90. The van der Waals surface area contributed by atoms with Crippen molar-refractivity contribution in [1.82, 2.24) is 9.97 Å². The number of aliphatic carboxylic acids is 1. The highest BCUT2D eigenvalue weighted by atomic mass is 19.1. The minimum atomic E-state index is -0.760. The summed E-state index contributed by atoms with van der Waals surface area (Å²) in [5.74, 6) is -1.13. The number of carboxylic acid groups (broad SMARTS) is 1. The van der Waals surface area contributed by atoms with E-state index < -0.39 is 11.8 Å². The van der Waals surface area contributed by atoms with E-state index in [1.54, 1.807) is 0 Å². The normalized spacial score (nSPS) is 30.9. The summed E-state index contributed by atoms with van der Waals surface area (Å²) in [7, 11) is 0. The lowest BCUT2D eigenvalue weighted by atomic mass is 9.89. The van der Waals surface area contributed by atoms with Crippen molar-refractivity contribution in [3.63, 3.8) is 0 Å². The number of rotatable bonds is 2. The summed E-state index contributed by atoms with van der Waals surface area (Å²) >= 11 is 0. The van der Waals surface area contributed by atoms with Crippen LogP contribution in [0.3, 0.4) is 0 Å². The van der Waals surface area contributed by atoms with Gasteiger partial charge in [-0.05, 0) is 19.3 Å². The molecule has 0 aromatic carbocycles. The summed E-state index contributed by atoms with van der Waals surface area (Å²) in [5, 5.41) is 9.12. The Bertz CT molecular complexity index is 451. The fourth-order valence-corrected chi connectivity index (χ4v) is 3.00.